The first-order chi connectivity index (χ1) is 6.56. The van der Waals surface area contributed by atoms with Gasteiger partial charge in [-0.1, -0.05) is 6.92 Å². The van der Waals surface area contributed by atoms with Gasteiger partial charge >= 0.3 is 5.97 Å². The molecule has 1 aliphatic heterocycles. The highest BCUT2D eigenvalue weighted by Crippen LogP contribution is 2.07. The average Bonchev–Trinajstić information content (AvgIpc) is 2.33. The highest BCUT2D eigenvalue weighted by molar-refractivity contribution is 6.04. The van der Waals surface area contributed by atoms with Crippen molar-refractivity contribution in [3.63, 3.8) is 0 Å². The predicted octanol–water partition coefficient (Wildman–Crippen LogP) is -0.348. The van der Waals surface area contributed by atoms with Gasteiger partial charge in [0.25, 0.3) is 12.1 Å². The first-order valence-electron chi connectivity index (χ1n) is 4.38. The van der Waals surface area contributed by atoms with Crippen LogP contribution in [-0.4, -0.2) is 36.0 Å². The van der Waals surface area contributed by atoms with Crippen molar-refractivity contribution in [3.8, 4) is 0 Å². The molecule has 78 valence electrons. The second-order valence-electron chi connectivity index (χ2n) is 3.04. The number of guanidine groups is 1. The topological polar surface area (TPSA) is 82.5 Å². The third-order valence-corrected chi connectivity index (χ3v) is 1.87. The second kappa shape index (κ2) is 4.08. The molecule has 1 fully saturated rings. The van der Waals surface area contributed by atoms with Gasteiger partial charge in [-0.2, -0.15) is 0 Å². The molecule has 2 N–H and O–H groups in total. The van der Waals surface area contributed by atoms with E-state index in [1.165, 1.54) is 11.9 Å². The SMILES string of the molecule is CCCC(=O)OC1C(=O)NC(=N)N1C. The summed E-state index contributed by atoms with van der Waals surface area (Å²) >= 11 is 0. The number of nitrogens with zero attached hydrogens (tertiary/aromatic N) is 1. The zero-order valence-electron chi connectivity index (χ0n) is 8.16. The lowest BCUT2D eigenvalue weighted by Gasteiger charge is -2.17. The molecule has 1 saturated heterocycles. The molecule has 0 spiro atoms. The summed E-state index contributed by atoms with van der Waals surface area (Å²) in [6, 6.07) is 0. The molecular formula is C8H13N3O3. The molecule has 0 aromatic heterocycles. The second-order valence-corrected chi connectivity index (χ2v) is 3.04. The Balaban J connectivity index is 2.56. The number of likely N-dealkylation sites (N-methyl/N-ethyl adjacent to an activating group) is 1. The minimum atomic E-state index is -0.985. The third-order valence-electron chi connectivity index (χ3n) is 1.87. The van der Waals surface area contributed by atoms with Crippen LogP contribution in [0, 0.1) is 5.41 Å². The smallest absolute Gasteiger partial charge is 0.308 e. The largest absolute Gasteiger partial charge is 0.432 e. The summed E-state index contributed by atoms with van der Waals surface area (Å²) in [5.74, 6) is -0.944. The van der Waals surface area contributed by atoms with Crippen molar-refractivity contribution in [1.29, 1.82) is 5.41 Å². The fourth-order valence-electron chi connectivity index (χ4n) is 1.08. The Morgan fingerprint density at radius 1 is 1.71 bits per heavy atom. The van der Waals surface area contributed by atoms with Gasteiger partial charge in [-0.3, -0.25) is 20.3 Å². The van der Waals surface area contributed by atoms with Gasteiger partial charge in [-0.25, -0.2) is 0 Å². The van der Waals surface area contributed by atoms with E-state index in [4.69, 9.17) is 10.1 Å². The van der Waals surface area contributed by atoms with E-state index in [2.05, 4.69) is 5.32 Å². The van der Waals surface area contributed by atoms with E-state index in [0.29, 0.717) is 6.42 Å². The van der Waals surface area contributed by atoms with Crippen LogP contribution in [0.25, 0.3) is 0 Å². The van der Waals surface area contributed by atoms with E-state index >= 15 is 0 Å². The number of nitrogens with one attached hydrogen (secondary N) is 2. The van der Waals surface area contributed by atoms with Gasteiger partial charge in [0.1, 0.15) is 0 Å². The molecular weight excluding hydrogens is 186 g/mol. The van der Waals surface area contributed by atoms with Gasteiger partial charge in [0.05, 0.1) is 0 Å². The normalized spacial score (nSPS) is 21.0. The summed E-state index contributed by atoms with van der Waals surface area (Å²) in [5.41, 5.74) is 0. The molecule has 0 aromatic rings. The Bertz CT molecular complexity index is 277. The van der Waals surface area contributed by atoms with Crippen LogP contribution in [0.1, 0.15) is 19.8 Å². The van der Waals surface area contributed by atoms with Crippen molar-refractivity contribution < 1.29 is 14.3 Å². The van der Waals surface area contributed by atoms with Gasteiger partial charge in [0.2, 0.25) is 5.96 Å². The molecule has 0 radical (unpaired) electrons. The lowest BCUT2D eigenvalue weighted by atomic mass is 10.3. The lowest BCUT2D eigenvalue weighted by Crippen LogP contribution is -2.35. The Morgan fingerprint density at radius 2 is 2.36 bits per heavy atom. The quantitative estimate of drug-likeness (QED) is 0.609. The molecule has 1 atom stereocenters. The minimum absolute atomic E-state index is 0.0516. The van der Waals surface area contributed by atoms with Crippen LogP contribution >= 0.6 is 0 Å². The van der Waals surface area contributed by atoms with Crippen molar-refractivity contribution in [3.05, 3.63) is 0 Å². The highest BCUT2D eigenvalue weighted by Gasteiger charge is 2.36. The number of carbonyl (C=O) groups excluding carboxylic acids is 2. The number of hydrogen-bond donors (Lipinski definition) is 2. The maximum Gasteiger partial charge on any atom is 0.308 e. The summed E-state index contributed by atoms with van der Waals surface area (Å²) in [6.45, 7) is 1.85. The highest BCUT2D eigenvalue weighted by atomic mass is 16.6. The molecule has 1 rings (SSSR count). The van der Waals surface area contributed by atoms with Gasteiger partial charge in [-0.15, -0.1) is 0 Å². The van der Waals surface area contributed by atoms with Crippen LogP contribution < -0.4 is 5.32 Å². The van der Waals surface area contributed by atoms with Crippen LogP contribution in [0.4, 0.5) is 0 Å². The van der Waals surface area contributed by atoms with Crippen LogP contribution in [0.15, 0.2) is 0 Å². The molecule has 14 heavy (non-hydrogen) atoms. The molecule has 1 heterocycles. The van der Waals surface area contributed by atoms with Crippen LogP contribution in [-0.2, 0) is 14.3 Å². The first-order valence-corrected chi connectivity index (χ1v) is 4.38. The zero-order valence-corrected chi connectivity index (χ0v) is 8.16. The molecule has 0 aliphatic carbocycles. The fraction of sp³-hybridized carbons (Fsp3) is 0.625. The summed E-state index contributed by atoms with van der Waals surface area (Å²) in [6.07, 6.45) is -0.0271. The summed E-state index contributed by atoms with van der Waals surface area (Å²) in [5, 5.41) is 9.52. The van der Waals surface area contributed by atoms with E-state index < -0.39 is 18.1 Å². The fourth-order valence-corrected chi connectivity index (χ4v) is 1.08. The van der Waals surface area contributed by atoms with Gasteiger partial charge in [0.15, 0.2) is 0 Å². The van der Waals surface area contributed by atoms with E-state index in [9.17, 15) is 9.59 Å². The number of esters is 1. The molecule has 0 saturated carbocycles. The Labute approximate surface area is 81.7 Å². The molecule has 1 amide bonds. The zero-order chi connectivity index (χ0) is 10.7. The van der Waals surface area contributed by atoms with E-state index in [1.807, 2.05) is 6.92 Å². The van der Waals surface area contributed by atoms with E-state index in [-0.39, 0.29) is 12.4 Å². The Morgan fingerprint density at radius 3 is 2.79 bits per heavy atom. The lowest BCUT2D eigenvalue weighted by molar-refractivity contribution is -0.160. The van der Waals surface area contributed by atoms with E-state index in [0.717, 1.165) is 0 Å². The molecule has 0 bridgehead atoms. The van der Waals surface area contributed by atoms with Crippen LogP contribution in [0.3, 0.4) is 0 Å². The maximum atomic E-state index is 11.2. The van der Waals surface area contributed by atoms with Crippen molar-refractivity contribution in [2.45, 2.75) is 26.0 Å². The van der Waals surface area contributed by atoms with Crippen LogP contribution in [0.2, 0.25) is 0 Å². The molecule has 6 nitrogen and oxygen atoms in total. The van der Waals surface area contributed by atoms with Gasteiger partial charge < -0.3 is 9.64 Å². The van der Waals surface area contributed by atoms with Crippen LogP contribution in [0.5, 0.6) is 0 Å². The molecule has 0 aromatic carbocycles. The number of amides is 1. The standard InChI is InChI=1S/C8H13N3O3/c1-3-4-5(12)14-7-6(13)10-8(9)11(7)2/h7H,3-4H2,1-2H3,(H2,9,10,13). The van der Waals surface area contributed by atoms with Gasteiger partial charge in [0, 0.05) is 13.5 Å². The molecule has 6 heteroatoms. The molecule has 1 unspecified atom stereocenters. The van der Waals surface area contributed by atoms with Gasteiger partial charge in [-0.05, 0) is 6.42 Å². The first kappa shape index (κ1) is 10.5. The van der Waals surface area contributed by atoms with E-state index in [1.54, 1.807) is 0 Å². The number of ether oxygens (including phenoxy) is 1. The number of carbonyl (C=O) groups is 2. The summed E-state index contributed by atoms with van der Waals surface area (Å²) in [4.78, 5) is 23.5. The van der Waals surface area contributed by atoms with Crippen molar-refractivity contribution >= 4 is 17.8 Å². The van der Waals surface area contributed by atoms with Crippen molar-refractivity contribution in [1.82, 2.24) is 10.2 Å². The van der Waals surface area contributed by atoms with Crippen molar-refractivity contribution in [2.24, 2.45) is 0 Å². The monoisotopic (exact) mass is 199 g/mol. The number of rotatable bonds is 3. The minimum Gasteiger partial charge on any atom is -0.432 e. The summed E-state index contributed by atoms with van der Waals surface area (Å²) in [7, 11) is 1.52. The number of hydrogen-bond acceptors (Lipinski definition) is 4. The maximum absolute atomic E-state index is 11.2. The Kier molecular flexibility index (Phi) is 3.06. The summed E-state index contributed by atoms with van der Waals surface area (Å²) < 4.78 is 4.88. The Hall–Kier alpha value is -1.59. The van der Waals surface area contributed by atoms with Crippen molar-refractivity contribution in [2.75, 3.05) is 7.05 Å². The average molecular weight is 199 g/mol. The third kappa shape index (κ3) is 2.01. The molecule has 1 aliphatic rings. The predicted molar refractivity (Wildman–Crippen MR) is 48.4 cm³/mol.